The van der Waals surface area contributed by atoms with Gasteiger partial charge in [0.2, 0.25) is 5.91 Å². The predicted molar refractivity (Wildman–Crippen MR) is 79.7 cm³/mol. The van der Waals surface area contributed by atoms with Crippen molar-refractivity contribution in [2.75, 3.05) is 5.73 Å². The summed E-state index contributed by atoms with van der Waals surface area (Å²) >= 11 is 1.33. The molecule has 0 saturated heterocycles. The largest absolute Gasteiger partial charge is 0.398 e. The minimum absolute atomic E-state index is 0.419. The second kappa shape index (κ2) is 5.50. The van der Waals surface area contributed by atoms with Crippen LogP contribution in [0.25, 0.3) is 0 Å². The Bertz CT molecular complexity index is 662. The summed E-state index contributed by atoms with van der Waals surface area (Å²) < 4.78 is 0. The first kappa shape index (κ1) is 14.3. The minimum atomic E-state index is -0.482. The second-order valence-electron chi connectivity index (χ2n) is 4.52. The summed E-state index contributed by atoms with van der Waals surface area (Å²) in [5, 5.41) is 0.610. The monoisotopic (exact) mass is 288 g/mol. The highest BCUT2D eigenvalue weighted by Gasteiger charge is 2.10. The average molecular weight is 288 g/mol. The van der Waals surface area contributed by atoms with Gasteiger partial charge in [-0.15, -0.1) is 0 Å². The first-order valence-corrected chi connectivity index (χ1v) is 6.89. The van der Waals surface area contributed by atoms with Crippen LogP contribution in [-0.4, -0.2) is 15.9 Å². The highest BCUT2D eigenvalue weighted by atomic mass is 32.2. The van der Waals surface area contributed by atoms with Crippen LogP contribution < -0.4 is 11.5 Å². The second-order valence-corrected chi connectivity index (χ2v) is 5.53. The van der Waals surface area contributed by atoms with E-state index in [1.165, 1.54) is 11.8 Å². The fraction of sp³-hybridized carbons (Fsp3) is 0.214. The molecule has 0 atom stereocenters. The van der Waals surface area contributed by atoms with Crippen molar-refractivity contribution in [3.63, 3.8) is 0 Å². The zero-order valence-corrected chi connectivity index (χ0v) is 12.4. The van der Waals surface area contributed by atoms with Crippen LogP contribution >= 0.6 is 11.8 Å². The van der Waals surface area contributed by atoms with Crippen LogP contribution in [0.3, 0.4) is 0 Å². The van der Waals surface area contributed by atoms with Crippen molar-refractivity contribution in [3.8, 4) is 0 Å². The number of hydrogen-bond donors (Lipinski definition) is 2. The number of nitrogens with two attached hydrogens (primary N) is 2. The smallest absolute Gasteiger partial charge is 0.248 e. The maximum Gasteiger partial charge on any atom is 0.248 e. The van der Waals surface area contributed by atoms with Crippen molar-refractivity contribution < 1.29 is 4.79 Å². The molecule has 0 aliphatic rings. The number of aryl methyl sites for hydroxylation is 2. The lowest BCUT2D eigenvalue weighted by Crippen LogP contribution is -2.11. The summed E-state index contributed by atoms with van der Waals surface area (Å²) in [4.78, 5) is 20.8. The summed E-state index contributed by atoms with van der Waals surface area (Å²) in [6.07, 6.45) is 0. The maximum absolute atomic E-state index is 11.2. The van der Waals surface area contributed by atoms with Gasteiger partial charge in [0.25, 0.3) is 0 Å². The number of amides is 1. The van der Waals surface area contributed by atoms with Crippen LogP contribution in [0.2, 0.25) is 0 Å². The molecule has 2 aromatic rings. The molecule has 0 radical (unpaired) electrons. The number of aromatic nitrogens is 2. The van der Waals surface area contributed by atoms with E-state index in [0.29, 0.717) is 16.4 Å². The highest BCUT2D eigenvalue weighted by molar-refractivity contribution is 7.99. The van der Waals surface area contributed by atoms with Gasteiger partial charge in [-0.25, -0.2) is 9.97 Å². The van der Waals surface area contributed by atoms with Crippen molar-refractivity contribution in [2.45, 2.75) is 30.8 Å². The Morgan fingerprint density at radius 3 is 2.30 bits per heavy atom. The molecule has 5 nitrogen and oxygen atoms in total. The number of anilines is 1. The van der Waals surface area contributed by atoms with Gasteiger partial charge in [0, 0.05) is 27.5 Å². The molecule has 0 bridgehead atoms. The Labute approximate surface area is 121 Å². The third kappa shape index (κ3) is 2.91. The molecule has 20 heavy (non-hydrogen) atoms. The number of primary amides is 1. The fourth-order valence-corrected chi connectivity index (χ4v) is 2.60. The molecule has 0 fully saturated rings. The lowest BCUT2D eigenvalue weighted by molar-refractivity contribution is 0.1000. The third-order valence-corrected chi connectivity index (χ3v) is 4.05. The third-order valence-electron chi connectivity index (χ3n) is 3.11. The predicted octanol–water partition coefficient (Wildman–Crippen LogP) is 2.23. The Kier molecular flexibility index (Phi) is 3.94. The molecule has 4 N–H and O–H groups in total. The van der Waals surface area contributed by atoms with E-state index in [-0.39, 0.29) is 0 Å². The van der Waals surface area contributed by atoms with E-state index in [2.05, 4.69) is 9.97 Å². The van der Waals surface area contributed by atoms with Crippen LogP contribution in [0.4, 0.5) is 5.69 Å². The quantitative estimate of drug-likeness (QED) is 0.667. The van der Waals surface area contributed by atoms with Crippen molar-refractivity contribution in [1.29, 1.82) is 0 Å². The fourth-order valence-electron chi connectivity index (χ4n) is 1.66. The summed E-state index contributed by atoms with van der Waals surface area (Å²) in [6.45, 7) is 5.87. The van der Waals surface area contributed by atoms with Gasteiger partial charge in [-0.2, -0.15) is 0 Å². The van der Waals surface area contributed by atoms with E-state index in [4.69, 9.17) is 11.5 Å². The number of rotatable bonds is 3. The Morgan fingerprint density at radius 2 is 1.75 bits per heavy atom. The normalized spacial score (nSPS) is 10.6. The molecule has 1 aromatic carbocycles. The topological polar surface area (TPSA) is 94.9 Å². The van der Waals surface area contributed by atoms with Crippen molar-refractivity contribution in [3.05, 3.63) is 40.7 Å². The molecule has 0 spiro atoms. The first-order valence-electron chi connectivity index (χ1n) is 6.07. The molecular weight excluding hydrogens is 272 g/mol. The van der Waals surface area contributed by atoms with Crippen LogP contribution in [-0.2, 0) is 0 Å². The van der Waals surface area contributed by atoms with Gasteiger partial charge < -0.3 is 11.5 Å². The number of hydrogen-bond acceptors (Lipinski definition) is 5. The standard InChI is InChI=1S/C14H16N4OS/c1-7-8(2)17-14(18-9(7)3)20-12-6-10(13(16)19)4-5-11(12)15/h4-6H,15H2,1-3H3,(H2,16,19). The van der Waals surface area contributed by atoms with Crippen LogP contribution in [0.5, 0.6) is 0 Å². The van der Waals surface area contributed by atoms with E-state index in [1.807, 2.05) is 20.8 Å². The number of carbonyl (C=O) groups is 1. The summed E-state index contributed by atoms with van der Waals surface area (Å²) in [5.41, 5.74) is 15.1. The van der Waals surface area contributed by atoms with E-state index < -0.39 is 5.91 Å². The van der Waals surface area contributed by atoms with Crippen LogP contribution in [0.1, 0.15) is 27.3 Å². The molecule has 2 rings (SSSR count). The molecule has 0 unspecified atom stereocenters. The number of carbonyl (C=O) groups excluding carboxylic acids is 1. The lowest BCUT2D eigenvalue weighted by atomic mass is 10.2. The van der Waals surface area contributed by atoms with Gasteiger partial charge in [0.1, 0.15) is 0 Å². The zero-order chi connectivity index (χ0) is 14.9. The van der Waals surface area contributed by atoms with Gasteiger partial charge in [0.15, 0.2) is 5.16 Å². The number of nitrogens with zero attached hydrogens (tertiary/aromatic N) is 2. The van der Waals surface area contributed by atoms with Crippen LogP contribution in [0, 0.1) is 20.8 Å². The van der Waals surface area contributed by atoms with Gasteiger partial charge >= 0.3 is 0 Å². The minimum Gasteiger partial charge on any atom is -0.398 e. The lowest BCUT2D eigenvalue weighted by Gasteiger charge is -2.09. The Morgan fingerprint density at radius 1 is 1.15 bits per heavy atom. The van der Waals surface area contributed by atoms with E-state index in [9.17, 15) is 4.79 Å². The Balaban J connectivity index is 2.39. The Hall–Kier alpha value is -2.08. The van der Waals surface area contributed by atoms with Crippen LogP contribution in [0.15, 0.2) is 28.3 Å². The maximum atomic E-state index is 11.2. The number of benzene rings is 1. The first-order chi connectivity index (χ1) is 9.38. The van der Waals surface area contributed by atoms with E-state index in [1.54, 1.807) is 18.2 Å². The molecule has 6 heteroatoms. The van der Waals surface area contributed by atoms with Crippen molar-refractivity contribution >= 4 is 23.4 Å². The average Bonchev–Trinajstić information content (AvgIpc) is 2.38. The van der Waals surface area contributed by atoms with E-state index in [0.717, 1.165) is 21.8 Å². The summed E-state index contributed by atoms with van der Waals surface area (Å²) in [6, 6.07) is 4.93. The van der Waals surface area contributed by atoms with Gasteiger partial charge in [-0.3, -0.25) is 4.79 Å². The van der Waals surface area contributed by atoms with Crippen molar-refractivity contribution in [1.82, 2.24) is 9.97 Å². The molecule has 1 aromatic heterocycles. The number of nitrogen functional groups attached to an aromatic ring is 1. The summed E-state index contributed by atoms with van der Waals surface area (Å²) in [7, 11) is 0. The highest BCUT2D eigenvalue weighted by Crippen LogP contribution is 2.31. The molecule has 104 valence electrons. The molecule has 0 saturated carbocycles. The zero-order valence-electron chi connectivity index (χ0n) is 11.6. The SMILES string of the molecule is Cc1nc(Sc2cc(C(N)=O)ccc2N)nc(C)c1C. The van der Waals surface area contributed by atoms with Gasteiger partial charge in [-0.1, -0.05) is 0 Å². The summed E-state index contributed by atoms with van der Waals surface area (Å²) in [5.74, 6) is -0.482. The molecule has 1 amide bonds. The van der Waals surface area contributed by atoms with Gasteiger partial charge in [-0.05, 0) is 56.3 Å². The van der Waals surface area contributed by atoms with Crippen molar-refractivity contribution in [2.24, 2.45) is 5.73 Å². The molecule has 1 heterocycles. The molecule has 0 aliphatic heterocycles. The van der Waals surface area contributed by atoms with Gasteiger partial charge in [0.05, 0.1) is 0 Å². The molecular formula is C14H16N4OS. The molecule has 0 aliphatic carbocycles. The van der Waals surface area contributed by atoms with E-state index >= 15 is 0 Å².